The lowest BCUT2D eigenvalue weighted by Crippen LogP contribution is -2.52. The maximum atomic E-state index is 12.5. The second kappa shape index (κ2) is 8.44. The van der Waals surface area contributed by atoms with E-state index in [1.807, 2.05) is 15.8 Å². The van der Waals surface area contributed by atoms with Crippen LogP contribution in [0.3, 0.4) is 0 Å². The average molecular weight is 416 g/mol. The number of carbonyl (C=O) groups excluding carboxylic acids is 1. The highest BCUT2D eigenvalue weighted by atomic mass is 16.5. The minimum absolute atomic E-state index is 0.116. The van der Waals surface area contributed by atoms with Crippen molar-refractivity contribution in [1.82, 2.24) is 29.4 Å². The molecule has 1 unspecified atom stereocenters. The van der Waals surface area contributed by atoms with E-state index in [-0.39, 0.29) is 17.6 Å². The van der Waals surface area contributed by atoms with Crippen LogP contribution < -0.4 is 0 Å². The topological polar surface area (TPSA) is 96.5 Å². The van der Waals surface area contributed by atoms with Gasteiger partial charge in [-0.3, -0.25) is 4.79 Å². The second-order valence-corrected chi connectivity index (χ2v) is 8.38. The number of rotatable bonds is 6. The SMILES string of the molecule is O=C(Cn1ccnc1)N1CCC2(CC1)Cn1nnc(COCC3CCCO3)c1CO2. The maximum Gasteiger partial charge on any atom is 0.242 e. The van der Waals surface area contributed by atoms with Crippen LogP contribution in [0.4, 0.5) is 0 Å². The number of imidazole rings is 1. The first-order valence-corrected chi connectivity index (χ1v) is 10.7. The molecule has 0 saturated carbocycles. The summed E-state index contributed by atoms with van der Waals surface area (Å²) < 4.78 is 21.5. The van der Waals surface area contributed by atoms with Crippen LogP contribution in [0.25, 0.3) is 0 Å². The Kier molecular flexibility index (Phi) is 5.53. The van der Waals surface area contributed by atoms with Gasteiger partial charge in [0.25, 0.3) is 0 Å². The summed E-state index contributed by atoms with van der Waals surface area (Å²) in [7, 11) is 0. The number of aromatic nitrogens is 5. The van der Waals surface area contributed by atoms with Gasteiger partial charge in [-0.05, 0) is 25.7 Å². The van der Waals surface area contributed by atoms with Gasteiger partial charge in [-0.25, -0.2) is 9.67 Å². The third-order valence-electron chi connectivity index (χ3n) is 6.34. The van der Waals surface area contributed by atoms with Gasteiger partial charge in [0.05, 0.1) is 50.1 Å². The second-order valence-electron chi connectivity index (χ2n) is 8.38. The van der Waals surface area contributed by atoms with Crippen LogP contribution in [-0.2, 0) is 45.3 Å². The Balaban J connectivity index is 1.13. The van der Waals surface area contributed by atoms with Gasteiger partial charge in [0.15, 0.2) is 0 Å². The van der Waals surface area contributed by atoms with Crippen LogP contribution in [0.5, 0.6) is 0 Å². The van der Waals surface area contributed by atoms with Crippen molar-refractivity contribution in [2.24, 2.45) is 0 Å². The van der Waals surface area contributed by atoms with Crippen molar-refractivity contribution in [3.63, 3.8) is 0 Å². The van der Waals surface area contributed by atoms with Crippen LogP contribution in [-0.4, -0.2) is 73.4 Å². The Labute approximate surface area is 175 Å². The largest absolute Gasteiger partial charge is 0.376 e. The zero-order valence-corrected chi connectivity index (χ0v) is 17.1. The van der Waals surface area contributed by atoms with Crippen molar-refractivity contribution in [3.05, 3.63) is 30.1 Å². The van der Waals surface area contributed by atoms with E-state index in [1.54, 1.807) is 17.1 Å². The molecule has 0 aromatic carbocycles. The summed E-state index contributed by atoms with van der Waals surface area (Å²) in [5.74, 6) is 0.116. The van der Waals surface area contributed by atoms with Crippen LogP contribution in [0.15, 0.2) is 18.7 Å². The molecule has 1 spiro atoms. The third-order valence-corrected chi connectivity index (χ3v) is 6.34. The van der Waals surface area contributed by atoms with E-state index in [0.717, 1.165) is 43.7 Å². The molecule has 1 atom stereocenters. The van der Waals surface area contributed by atoms with E-state index < -0.39 is 0 Å². The molecule has 3 aliphatic heterocycles. The minimum Gasteiger partial charge on any atom is -0.376 e. The Bertz CT molecular complexity index is 853. The molecule has 0 radical (unpaired) electrons. The predicted molar refractivity (Wildman–Crippen MR) is 104 cm³/mol. The quantitative estimate of drug-likeness (QED) is 0.686. The summed E-state index contributed by atoms with van der Waals surface area (Å²) in [6, 6.07) is 0. The van der Waals surface area contributed by atoms with E-state index in [1.165, 1.54) is 0 Å². The lowest BCUT2D eigenvalue weighted by molar-refractivity contribution is -0.146. The first kappa shape index (κ1) is 19.7. The van der Waals surface area contributed by atoms with Crippen molar-refractivity contribution in [2.75, 3.05) is 26.3 Å². The summed E-state index contributed by atoms with van der Waals surface area (Å²) in [4.78, 5) is 18.4. The van der Waals surface area contributed by atoms with Crippen LogP contribution in [0, 0.1) is 0 Å². The van der Waals surface area contributed by atoms with Crippen molar-refractivity contribution < 1.29 is 19.0 Å². The first-order valence-electron chi connectivity index (χ1n) is 10.7. The molecule has 5 rings (SSSR count). The van der Waals surface area contributed by atoms with E-state index >= 15 is 0 Å². The summed E-state index contributed by atoms with van der Waals surface area (Å²) in [5, 5.41) is 8.66. The van der Waals surface area contributed by atoms with Crippen molar-refractivity contribution >= 4 is 5.91 Å². The van der Waals surface area contributed by atoms with Gasteiger partial charge in [0.1, 0.15) is 12.2 Å². The molecule has 2 saturated heterocycles. The van der Waals surface area contributed by atoms with Crippen molar-refractivity contribution in [3.8, 4) is 0 Å². The summed E-state index contributed by atoms with van der Waals surface area (Å²) in [6.45, 7) is 4.72. The fourth-order valence-electron chi connectivity index (χ4n) is 4.47. The molecule has 0 aliphatic carbocycles. The zero-order valence-electron chi connectivity index (χ0n) is 17.1. The molecule has 162 valence electrons. The lowest BCUT2D eigenvalue weighted by Gasteiger charge is -2.43. The molecule has 2 aromatic heterocycles. The molecular formula is C20H28N6O4. The number of carbonyl (C=O) groups is 1. The van der Waals surface area contributed by atoms with E-state index in [4.69, 9.17) is 14.2 Å². The third kappa shape index (κ3) is 4.12. The highest BCUT2D eigenvalue weighted by molar-refractivity contribution is 5.76. The molecule has 1 amide bonds. The number of nitrogens with zero attached hydrogens (tertiary/aromatic N) is 6. The Hall–Kier alpha value is -2.30. The Morgan fingerprint density at radius 3 is 3.00 bits per heavy atom. The minimum atomic E-state index is -0.275. The molecule has 0 bridgehead atoms. The smallest absolute Gasteiger partial charge is 0.242 e. The molecular weight excluding hydrogens is 388 g/mol. The maximum absolute atomic E-state index is 12.5. The Morgan fingerprint density at radius 1 is 1.33 bits per heavy atom. The summed E-state index contributed by atoms with van der Waals surface area (Å²) in [5.41, 5.74) is 1.56. The highest BCUT2D eigenvalue weighted by Crippen LogP contribution is 2.33. The highest BCUT2D eigenvalue weighted by Gasteiger charge is 2.41. The number of piperidine rings is 1. The van der Waals surface area contributed by atoms with E-state index in [2.05, 4.69) is 15.3 Å². The van der Waals surface area contributed by atoms with Gasteiger partial charge in [0, 0.05) is 32.1 Å². The normalized spacial score (nSPS) is 23.1. The van der Waals surface area contributed by atoms with Gasteiger partial charge < -0.3 is 23.7 Å². The Morgan fingerprint density at radius 2 is 2.23 bits per heavy atom. The molecule has 30 heavy (non-hydrogen) atoms. The fourth-order valence-corrected chi connectivity index (χ4v) is 4.47. The molecule has 3 aliphatic rings. The predicted octanol–water partition coefficient (Wildman–Crippen LogP) is 0.762. The lowest BCUT2D eigenvalue weighted by atomic mass is 9.90. The van der Waals surface area contributed by atoms with E-state index in [9.17, 15) is 4.79 Å². The van der Waals surface area contributed by atoms with Gasteiger partial charge in [0.2, 0.25) is 5.91 Å². The number of amides is 1. The molecule has 2 aromatic rings. The van der Waals surface area contributed by atoms with Crippen molar-refractivity contribution in [1.29, 1.82) is 0 Å². The van der Waals surface area contributed by atoms with Gasteiger partial charge in [-0.1, -0.05) is 5.21 Å². The fraction of sp³-hybridized carbons (Fsp3) is 0.700. The molecule has 10 heteroatoms. The van der Waals surface area contributed by atoms with Gasteiger partial charge in [-0.15, -0.1) is 5.10 Å². The van der Waals surface area contributed by atoms with Gasteiger partial charge >= 0.3 is 0 Å². The van der Waals surface area contributed by atoms with Gasteiger partial charge in [-0.2, -0.15) is 0 Å². The average Bonchev–Trinajstić information content (AvgIpc) is 3.51. The number of likely N-dealkylation sites (tertiary alicyclic amines) is 1. The van der Waals surface area contributed by atoms with E-state index in [0.29, 0.717) is 46.0 Å². The summed E-state index contributed by atoms with van der Waals surface area (Å²) >= 11 is 0. The number of ether oxygens (including phenoxy) is 3. The first-order chi connectivity index (χ1) is 14.7. The molecule has 0 N–H and O–H groups in total. The molecule has 2 fully saturated rings. The molecule has 10 nitrogen and oxygen atoms in total. The zero-order chi connectivity index (χ0) is 20.4. The molecule has 5 heterocycles. The number of hydrogen-bond donors (Lipinski definition) is 0. The van der Waals surface area contributed by atoms with Crippen LogP contribution >= 0.6 is 0 Å². The van der Waals surface area contributed by atoms with Crippen LogP contribution in [0.1, 0.15) is 37.1 Å². The number of fused-ring (bicyclic) bond motifs is 1. The monoisotopic (exact) mass is 416 g/mol. The summed E-state index contributed by atoms with van der Waals surface area (Å²) in [6.07, 6.45) is 9.14. The number of hydrogen-bond acceptors (Lipinski definition) is 7. The van der Waals surface area contributed by atoms with Crippen molar-refractivity contribution in [2.45, 2.75) is 63.7 Å². The standard InChI is InChI=1S/C20H28N6O4/c27-19(10-24-8-5-21-15-24)25-6-3-20(4-7-25)14-26-18(13-30-20)17(22-23-26)12-28-11-16-2-1-9-29-16/h5,8,15-16H,1-4,6-7,9-14H2. The van der Waals surface area contributed by atoms with Crippen LogP contribution in [0.2, 0.25) is 0 Å².